The highest BCUT2D eigenvalue weighted by atomic mass is 16.3. The zero-order valence-electron chi connectivity index (χ0n) is 11.9. The number of amides is 1. The standard InChI is InChI=1S/C13H22N4O2/c1-13(19,11-8-15-17(4)9-11)10-14-12(18)6-5-7-16(2)3/h5-6,8-9,19H,7,10H2,1-4H3,(H,14,18)/b6-5+. The van der Waals surface area contributed by atoms with E-state index in [4.69, 9.17) is 0 Å². The maximum Gasteiger partial charge on any atom is 0.243 e. The minimum absolute atomic E-state index is 0.143. The Labute approximate surface area is 113 Å². The Bertz CT molecular complexity index is 449. The molecule has 0 fully saturated rings. The third-order valence-corrected chi connectivity index (χ3v) is 2.67. The van der Waals surface area contributed by atoms with Gasteiger partial charge in [0.05, 0.1) is 12.7 Å². The molecule has 0 aliphatic heterocycles. The lowest BCUT2D eigenvalue weighted by Gasteiger charge is -2.21. The third kappa shape index (κ3) is 5.23. The Kier molecular flexibility index (Phi) is 5.26. The van der Waals surface area contributed by atoms with Crippen molar-refractivity contribution >= 4 is 5.91 Å². The monoisotopic (exact) mass is 266 g/mol. The summed E-state index contributed by atoms with van der Waals surface area (Å²) in [6.45, 7) is 2.49. The number of aliphatic hydroxyl groups is 1. The van der Waals surface area contributed by atoms with E-state index in [1.807, 2.05) is 19.0 Å². The highest BCUT2D eigenvalue weighted by Crippen LogP contribution is 2.18. The van der Waals surface area contributed by atoms with E-state index in [9.17, 15) is 9.90 Å². The lowest BCUT2D eigenvalue weighted by molar-refractivity contribution is -0.117. The molecule has 0 radical (unpaired) electrons. The summed E-state index contributed by atoms with van der Waals surface area (Å²) >= 11 is 0. The van der Waals surface area contributed by atoms with Crippen LogP contribution >= 0.6 is 0 Å². The van der Waals surface area contributed by atoms with Gasteiger partial charge < -0.3 is 15.3 Å². The lowest BCUT2D eigenvalue weighted by atomic mass is 10.00. The highest BCUT2D eigenvalue weighted by Gasteiger charge is 2.24. The number of rotatable bonds is 6. The fourth-order valence-electron chi connectivity index (χ4n) is 1.49. The van der Waals surface area contributed by atoms with E-state index in [1.54, 1.807) is 37.1 Å². The van der Waals surface area contributed by atoms with Crippen LogP contribution in [0.25, 0.3) is 0 Å². The smallest absolute Gasteiger partial charge is 0.243 e. The first kappa shape index (κ1) is 15.4. The van der Waals surface area contributed by atoms with Crippen LogP contribution in [0.1, 0.15) is 12.5 Å². The van der Waals surface area contributed by atoms with Gasteiger partial charge in [0.25, 0.3) is 0 Å². The first-order valence-electron chi connectivity index (χ1n) is 6.12. The lowest BCUT2D eigenvalue weighted by Crippen LogP contribution is -2.37. The summed E-state index contributed by atoms with van der Waals surface area (Å²) in [5.41, 5.74) is -0.452. The van der Waals surface area contributed by atoms with Gasteiger partial charge in [0.1, 0.15) is 5.60 Å². The van der Waals surface area contributed by atoms with Gasteiger partial charge in [-0.3, -0.25) is 9.48 Å². The van der Waals surface area contributed by atoms with Crippen molar-refractivity contribution in [2.75, 3.05) is 27.2 Å². The van der Waals surface area contributed by atoms with Crippen LogP contribution in [0, 0.1) is 0 Å². The quantitative estimate of drug-likeness (QED) is 0.703. The summed E-state index contributed by atoms with van der Waals surface area (Å²) in [6.07, 6.45) is 6.57. The summed E-state index contributed by atoms with van der Waals surface area (Å²) in [5, 5.41) is 16.9. The average Bonchev–Trinajstić information content (AvgIpc) is 2.74. The molecule has 1 unspecified atom stereocenters. The molecule has 1 aromatic rings. The molecule has 1 heterocycles. The molecule has 0 bridgehead atoms. The Morgan fingerprint density at radius 3 is 2.84 bits per heavy atom. The normalized spacial score (nSPS) is 14.8. The van der Waals surface area contributed by atoms with Crippen LogP contribution in [0.15, 0.2) is 24.5 Å². The van der Waals surface area contributed by atoms with Crippen LogP contribution < -0.4 is 5.32 Å². The topological polar surface area (TPSA) is 70.4 Å². The molecule has 1 atom stereocenters. The molecule has 1 amide bonds. The zero-order chi connectivity index (χ0) is 14.5. The zero-order valence-corrected chi connectivity index (χ0v) is 11.9. The maximum absolute atomic E-state index is 11.6. The van der Waals surface area contributed by atoms with E-state index < -0.39 is 5.60 Å². The van der Waals surface area contributed by atoms with Gasteiger partial charge in [0, 0.05) is 31.4 Å². The minimum Gasteiger partial charge on any atom is -0.383 e. The van der Waals surface area contributed by atoms with Crippen LogP contribution in [-0.4, -0.2) is 52.9 Å². The summed E-state index contributed by atoms with van der Waals surface area (Å²) < 4.78 is 1.61. The number of aromatic nitrogens is 2. The molecule has 0 aliphatic carbocycles. The number of aryl methyl sites for hydroxylation is 1. The first-order chi connectivity index (χ1) is 8.81. The van der Waals surface area contributed by atoms with Gasteiger partial charge >= 0.3 is 0 Å². The van der Waals surface area contributed by atoms with Crippen molar-refractivity contribution in [2.45, 2.75) is 12.5 Å². The first-order valence-corrected chi connectivity index (χ1v) is 6.12. The van der Waals surface area contributed by atoms with Crippen LogP contribution in [0.4, 0.5) is 0 Å². The Morgan fingerprint density at radius 1 is 1.63 bits per heavy atom. The van der Waals surface area contributed by atoms with Gasteiger partial charge in [-0.15, -0.1) is 0 Å². The van der Waals surface area contributed by atoms with Gasteiger partial charge in [-0.1, -0.05) is 6.08 Å². The molecular formula is C13H22N4O2. The van der Waals surface area contributed by atoms with E-state index in [1.165, 1.54) is 6.08 Å². The van der Waals surface area contributed by atoms with Crippen molar-refractivity contribution in [3.8, 4) is 0 Å². The predicted molar refractivity (Wildman–Crippen MR) is 73.5 cm³/mol. The fraction of sp³-hybridized carbons (Fsp3) is 0.538. The number of nitrogens with one attached hydrogen (secondary N) is 1. The summed E-state index contributed by atoms with van der Waals surface area (Å²) in [5.74, 6) is -0.217. The minimum atomic E-state index is -1.13. The molecule has 2 N–H and O–H groups in total. The summed E-state index contributed by atoms with van der Waals surface area (Å²) in [7, 11) is 5.63. The van der Waals surface area contributed by atoms with Gasteiger partial charge in [0.15, 0.2) is 0 Å². The van der Waals surface area contributed by atoms with E-state index in [2.05, 4.69) is 10.4 Å². The van der Waals surface area contributed by atoms with Crippen LogP contribution in [0.3, 0.4) is 0 Å². The van der Waals surface area contributed by atoms with Crippen molar-refractivity contribution in [3.05, 3.63) is 30.1 Å². The number of carbonyl (C=O) groups excluding carboxylic acids is 1. The van der Waals surface area contributed by atoms with Gasteiger partial charge in [-0.05, 0) is 21.0 Å². The molecule has 6 nitrogen and oxygen atoms in total. The van der Waals surface area contributed by atoms with E-state index in [0.29, 0.717) is 12.1 Å². The molecule has 106 valence electrons. The molecule has 6 heteroatoms. The highest BCUT2D eigenvalue weighted by molar-refractivity contribution is 5.87. The molecule has 1 rings (SSSR count). The summed E-state index contributed by atoms with van der Waals surface area (Å²) in [4.78, 5) is 13.5. The van der Waals surface area contributed by atoms with Crippen LogP contribution in [0.2, 0.25) is 0 Å². The Hall–Kier alpha value is -1.66. The number of likely N-dealkylation sites (N-methyl/N-ethyl adjacent to an activating group) is 1. The largest absolute Gasteiger partial charge is 0.383 e. The van der Waals surface area contributed by atoms with Crippen LogP contribution in [-0.2, 0) is 17.4 Å². The average molecular weight is 266 g/mol. The van der Waals surface area contributed by atoms with Crippen molar-refractivity contribution in [3.63, 3.8) is 0 Å². The third-order valence-electron chi connectivity index (χ3n) is 2.67. The predicted octanol–water partition coefficient (Wildman–Crippen LogP) is -0.138. The number of carbonyl (C=O) groups is 1. The molecule has 0 aromatic carbocycles. The van der Waals surface area contributed by atoms with E-state index in [-0.39, 0.29) is 12.5 Å². The second-order valence-corrected chi connectivity index (χ2v) is 5.06. The Morgan fingerprint density at radius 2 is 2.32 bits per heavy atom. The maximum atomic E-state index is 11.6. The van der Waals surface area contributed by atoms with Gasteiger partial charge in [0.2, 0.25) is 5.91 Å². The molecule has 0 saturated heterocycles. The second-order valence-electron chi connectivity index (χ2n) is 5.06. The SMILES string of the molecule is CN(C)C/C=C/C(=O)NCC(C)(O)c1cnn(C)c1. The molecular weight excluding hydrogens is 244 g/mol. The molecule has 19 heavy (non-hydrogen) atoms. The number of hydrogen-bond acceptors (Lipinski definition) is 4. The van der Waals surface area contributed by atoms with Crippen molar-refractivity contribution in [1.82, 2.24) is 20.0 Å². The van der Waals surface area contributed by atoms with Crippen molar-refractivity contribution in [2.24, 2.45) is 7.05 Å². The van der Waals surface area contributed by atoms with Gasteiger partial charge in [-0.25, -0.2) is 0 Å². The second kappa shape index (κ2) is 6.49. The Balaban J connectivity index is 2.47. The molecule has 1 aromatic heterocycles. The fourth-order valence-corrected chi connectivity index (χ4v) is 1.49. The number of nitrogens with zero attached hydrogens (tertiary/aromatic N) is 3. The van der Waals surface area contributed by atoms with E-state index in [0.717, 1.165) is 0 Å². The number of hydrogen-bond donors (Lipinski definition) is 2. The van der Waals surface area contributed by atoms with Crippen LogP contribution in [0.5, 0.6) is 0 Å². The van der Waals surface area contributed by atoms with Crippen molar-refractivity contribution < 1.29 is 9.90 Å². The van der Waals surface area contributed by atoms with Crippen molar-refractivity contribution in [1.29, 1.82) is 0 Å². The van der Waals surface area contributed by atoms with Gasteiger partial charge in [-0.2, -0.15) is 5.10 Å². The molecule has 0 saturated carbocycles. The molecule has 0 spiro atoms. The summed E-state index contributed by atoms with van der Waals surface area (Å²) in [6, 6.07) is 0. The van der Waals surface area contributed by atoms with E-state index >= 15 is 0 Å². The molecule has 0 aliphatic rings.